The molecule has 6 nitrogen and oxygen atoms in total. The van der Waals surface area contributed by atoms with Gasteiger partial charge in [-0.2, -0.15) is 0 Å². The number of methoxy groups -OCH3 is 1. The number of aliphatic hydroxyl groups excluding tert-OH is 1. The van der Waals surface area contributed by atoms with Crippen LogP contribution in [0.3, 0.4) is 0 Å². The van der Waals surface area contributed by atoms with Crippen molar-refractivity contribution in [1.29, 1.82) is 0 Å². The summed E-state index contributed by atoms with van der Waals surface area (Å²) in [6.45, 7) is 4.85. The summed E-state index contributed by atoms with van der Waals surface area (Å²) in [6, 6.07) is 3.65. The number of nitrogens with one attached hydrogen (secondary N) is 2. The fourth-order valence-electron chi connectivity index (χ4n) is 2.97. The monoisotopic (exact) mass is 334 g/mol. The molecule has 0 amide bonds. The summed E-state index contributed by atoms with van der Waals surface area (Å²) >= 11 is 0. The van der Waals surface area contributed by atoms with Gasteiger partial charge in [-0.25, -0.2) is 0 Å². The lowest BCUT2D eigenvalue weighted by atomic mass is 9.67. The highest BCUT2D eigenvalue weighted by Gasteiger charge is 2.36. The Morgan fingerprint density at radius 2 is 2.12 bits per heavy atom. The highest BCUT2D eigenvalue weighted by atomic mass is 16.5. The van der Waals surface area contributed by atoms with Crippen molar-refractivity contribution in [2.24, 2.45) is 10.4 Å². The van der Waals surface area contributed by atoms with Gasteiger partial charge in [0.15, 0.2) is 5.96 Å². The van der Waals surface area contributed by atoms with Crippen LogP contribution in [-0.2, 0) is 4.74 Å². The van der Waals surface area contributed by atoms with Crippen LogP contribution in [0.4, 0.5) is 0 Å². The lowest BCUT2D eigenvalue weighted by Gasteiger charge is -2.40. The molecule has 1 fully saturated rings. The first kappa shape index (κ1) is 18.7. The number of aliphatic imine (C=N–C) groups is 1. The van der Waals surface area contributed by atoms with Crippen LogP contribution in [0.25, 0.3) is 0 Å². The van der Waals surface area contributed by atoms with E-state index in [9.17, 15) is 5.11 Å². The van der Waals surface area contributed by atoms with Crippen molar-refractivity contribution in [1.82, 2.24) is 15.6 Å². The fraction of sp³-hybridized carbons (Fsp3) is 0.667. The van der Waals surface area contributed by atoms with E-state index >= 15 is 0 Å². The quantitative estimate of drug-likeness (QED) is 0.475. The Morgan fingerprint density at radius 3 is 2.71 bits per heavy atom. The maximum atomic E-state index is 10.2. The number of nitrogens with zero attached hydrogens (tertiary/aromatic N) is 2. The molecule has 1 aromatic rings. The van der Waals surface area contributed by atoms with Gasteiger partial charge in [-0.05, 0) is 49.3 Å². The van der Waals surface area contributed by atoms with Crippen molar-refractivity contribution >= 4 is 5.96 Å². The molecule has 0 aromatic carbocycles. The molecule has 6 heteroatoms. The highest BCUT2D eigenvalue weighted by Crippen LogP contribution is 2.44. The van der Waals surface area contributed by atoms with E-state index in [4.69, 9.17) is 9.73 Å². The Labute approximate surface area is 144 Å². The van der Waals surface area contributed by atoms with Gasteiger partial charge in [0.05, 0.1) is 6.10 Å². The van der Waals surface area contributed by atoms with Crippen molar-refractivity contribution in [2.45, 2.75) is 38.7 Å². The Balaban J connectivity index is 1.88. The third kappa shape index (κ3) is 5.46. The molecule has 1 atom stereocenters. The molecule has 0 radical (unpaired) electrons. The standard InChI is InChI=1S/C18H30N4O2/c1-3-20-17(21-13-16(23)15-5-10-19-11-6-15)22-14-18(7-4-8-18)9-12-24-2/h5-6,10-11,16,23H,3-4,7-9,12-14H2,1-2H3,(H2,20,21,22). The van der Waals surface area contributed by atoms with Crippen molar-refractivity contribution in [3.63, 3.8) is 0 Å². The fourth-order valence-corrected chi connectivity index (χ4v) is 2.97. The first-order chi connectivity index (χ1) is 11.7. The van der Waals surface area contributed by atoms with Crippen LogP contribution in [0.5, 0.6) is 0 Å². The smallest absolute Gasteiger partial charge is 0.191 e. The van der Waals surface area contributed by atoms with Gasteiger partial charge in [-0.3, -0.25) is 9.98 Å². The lowest BCUT2D eigenvalue weighted by Crippen LogP contribution is -2.41. The number of rotatable bonds is 9. The lowest BCUT2D eigenvalue weighted by molar-refractivity contribution is 0.0778. The summed E-state index contributed by atoms with van der Waals surface area (Å²) in [5.41, 5.74) is 1.14. The zero-order valence-corrected chi connectivity index (χ0v) is 14.8. The maximum absolute atomic E-state index is 10.2. The molecule has 134 valence electrons. The summed E-state index contributed by atoms with van der Waals surface area (Å²) in [5.74, 6) is 0.759. The molecule has 1 unspecified atom stereocenters. The first-order valence-electron chi connectivity index (χ1n) is 8.78. The SMILES string of the molecule is CCNC(=NCC1(CCOC)CCC1)NCC(O)c1ccncc1. The molecule has 24 heavy (non-hydrogen) atoms. The second kappa shape index (κ2) is 9.59. The Morgan fingerprint density at radius 1 is 1.38 bits per heavy atom. The zero-order valence-electron chi connectivity index (χ0n) is 14.8. The predicted octanol–water partition coefficient (Wildman–Crippen LogP) is 1.88. The minimum atomic E-state index is -0.581. The topological polar surface area (TPSA) is 78.8 Å². The summed E-state index contributed by atoms with van der Waals surface area (Å²) in [6.07, 6.45) is 7.58. The van der Waals surface area contributed by atoms with Crippen LogP contribution in [0.15, 0.2) is 29.5 Å². The van der Waals surface area contributed by atoms with E-state index in [-0.39, 0.29) is 0 Å². The minimum Gasteiger partial charge on any atom is -0.387 e. The molecule has 0 bridgehead atoms. The number of hydrogen-bond donors (Lipinski definition) is 3. The number of hydrogen-bond acceptors (Lipinski definition) is 4. The van der Waals surface area contributed by atoms with Gasteiger partial charge in [-0.15, -0.1) is 0 Å². The van der Waals surface area contributed by atoms with E-state index < -0.39 is 6.10 Å². The van der Waals surface area contributed by atoms with Gasteiger partial charge in [-0.1, -0.05) is 6.42 Å². The number of pyridine rings is 1. The summed E-state index contributed by atoms with van der Waals surface area (Å²) in [7, 11) is 1.75. The molecule has 1 saturated carbocycles. The minimum absolute atomic E-state index is 0.294. The van der Waals surface area contributed by atoms with E-state index in [0.29, 0.717) is 12.0 Å². The van der Waals surface area contributed by atoms with E-state index in [1.165, 1.54) is 19.3 Å². The van der Waals surface area contributed by atoms with Gasteiger partial charge in [0.25, 0.3) is 0 Å². The van der Waals surface area contributed by atoms with E-state index in [1.54, 1.807) is 19.5 Å². The summed E-state index contributed by atoms with van der Waals surface area (Å²) < 4.78 is 5.24. The third-order valence-electron chi connectivity index (χ3n) is 4.72. The predicted molar refractivity (Wildman–Crippen MR) is 96.0 cm³/mol. The molecule has 0 aliphatic heterocycles. The Hall–Kier alpha value is -1.66. The van der Waals surface area contributed by atoms with E-state index in [2.05, 4.69) is 15.6 Å². The van der Waals surface area contributed by atoms with Gasteiger partial charge < -0.3 is 20.5 Å². The van der Waals surface area contributed by atoms with Crippen LogP contribution in [0.2, 0.25) is 0 Å². The van der Waals surface area contributed by atoms with Gasteiger partial charge >= 0.3 is 0 Å². The van der Waals surface area contributed by atoms with Crippen molar-refractivity contribution in [2.75, 3.05) is 33.4 Å². The molecular formula is C18H30N4O2. The third-order valence-corrected chi connectivity index (χ3v) is 4.72. The summed E-state index contributed by atoms with van der Waals surface area (Å²) in [5, 5.41) is 16.7. The van der Waals surface area contributed by atoms with Gasteiger partial charge in [0.2, 0.25) is 0 Å². The van der Waals surface area contributed by atoms with Crippen LogP contribution < -0.4 is 10.6 Å². The Kier molecular flexibility index (Phi) is 7.46. The average molecular weight is 334 g/mol. The number of aliphatic hydroxyl groups is 1. The van der Waals surface area contributed by atoms with Crippen LogP contribution in [0.1, 0.15) is 44.3 Å². The first-order valence-corrected chi connectivity index (χ1v) is 8.78. The average Bonchev–Trinajstić information content (AvgIpc) is 2.58. The maximum Gasteiger partial charge on any atom is 0.191 e. The second-order valence-electron chi connectivity index (χ2n) is 6.47. The molecule has 1 aromatic heterocycles. The van der Waals surface area contributed by atoms with Crippen molar-refractivity contribution in [3.05, 3.63) is 30.1 Å². The van der Waals surface area contributed by atoms with Crippen molar-refractivity contribution < 1.29 is 9.84 Å². The molecule has 0 saturated heterocycles. The van der Waals surface area contributed by atoms with Crippen LogP contribution in [0, 0.1) is 5.41 Å². The number of ether oxygens (including phenoxy) is 1. The van der Waals surface area contributed by atoms with E-state index in [0.717, 1.165) is 37.6 Å². The Bertz CT molecular complexity index is 503. The highest BCUT2D eigenvalue weighted by molar-refractivity contribution is 5.79. The van der Waals surface area contributed by atoms with E-state index in [1.807, 2.05) is 19.1 Å². The molecule has 2 rings (SSSR count). The molecule has 0 spiro atoms. The van der Waals surface area contributed by atoms with Crippen molar-refractivity contribution in [3.8, 4) is 0 Å². The molecule has 1 aliphatic carbocycles. The van der Waals surface area contributed by atoms with Gasteiger partial charge in [0, 0.05) is 45.7 Å². The molecular weight excluding hydrogens is 304 g/mol. The zero-order chi connectivity index (χ0) is 17.3. The number of guanidine groups is 1. The molecule has 1 heterocycles. The van der Waals surface area contributed by atoms with Crippen LogP contribution >= 0.6 is 0 Å². The van der Waals surface area contributed by atoms with Gasteiger partial charge in [0.1, 0.15) is 0 Å². The second-order valence-corrected chi connectivity index (χ2v) is 6.47. The molecule has 1 aliphatic rings. The van der Waals surface area contributed by atoms with Crippen LogP contribution in [-0.4, -0.2) is 49.4 Å². The normalized spacial score (nSPS) is 17.9. The largest absolute Gasteiger partial charge is 0.387 e. The number of aromatic nitrogens is 1. The molecule has 3 N–H and O–H groups in total. The summed E-state index contributed by atoms with van der Waals surface area (Å²) in [4.78, 5) is 8.71.